The molecule has 0 radical (unpaired) electrons. The Bertz CT molecular complexity index is 364. The molecule has 0 aliphatic heterocycles. The Morgan fingerprint density at radius 1 is 1.11 bits per heavy atom. The summed E-state index contributed by atoms with van der Waals surface area (Å²) in [5, 5.41) is 0. The largest absolute Gasteiger partial charge is 0.465 e. The van der Waals surface area contributed by atoms with Gasteiger partial charge in [-0.05, 0) is 7.05 Å². The average Bonchev–Trinajstić information content (AvgIpc) is 2.32. The quantitative estimate of drug-likeness (QED) is 0.622. The molecule has 0 saturated heterocycles. The maximum absolute atomic E-state index is 10.0. The van der Waals surface area contributed by atoms with E-state index >= 15 is 0 Å². The monoisotopic (exact) mass is 277 g/mol. The van der Waals surface area contributed by atoms with Crippen LogP contribution in [0, 0.1) is 0 Å². The van der Waals surface area contributed by atoms with Gasteiger partial charge in [-0.15, -0.1) is 0 Å². The Morgan fingerprint density at radius 2 is 1.44 bits per heavy atom. The molecule has 1 aromatic rings. The van der Waals surface area contributed by atoms with Gasteiger partial charge in [0.2, 0.25) is 0 Å². The minimum atomic E-state index is -4.00. The molecule has 3 N–H and O–H groups in total. The number of ether oxygens (including phenoxy) is 1. The summed E-state index contributed by atoms with van der Waals surface area (Å²) in [6, 6.07) is 12.0. The van der Waals surface area contributed by atoms with Crippen LogP contribution in [0.4, 0.5) is 0 Å². The first kappa shape index (κ1) is 18.9. The molecular formula is C11H19NO5S. The van der Waals surface area contributed by atoms with E-state index in [0.29, 0.717) is 0 Å². The van der Waals surface area contributed by atoms with Crippen molar-refractivity contribution in [2.45, 2.75) is 6.92 Å². The summed E-state index contributed by atoms with van der Waals surface area (Å²) >= 11 is 0. The summed E-state index contributed by atoms with van der Waals surface area (Å²) in [6.45, 7) is 0.859. The summed E-state index contributed by atoms with van der Waals surface area (Å²) in [5.74, 6) is -1.12. The fraction of sp³-hybridized carbons (Fsp3) is 0.364. The van der Waals surface area contributed by atoms with Crippen LogP contribution in [0.3, 0.4) is 0 Å². The number of carbonyl (C=O) groups is 1. The van der Waals surface area contributed by atoms with Gasteiger partial charge in [-0.3, -0.25) is 9.35 Å². The third-order valence-electron chi connectivity index (χ3n) is 1.31. The minimum absolute atomic E-state index is 0.297. The van der Waals surface area contributed by atoms with Gasteiger partial charge >= 0.3 is 5.97 Å². The van der Waals surface area contributed by atoms with E-state index in [0.717, 1.165) is 6.92 Å². The van der Waals surface area contributed by atoms with Crippen LogP contribution < -0.4 is 5.73 Å². The van der Waals surface area contributed by atoms with Crippen molar-refractivity contribution in [2.75, 3.05) is 19.4 Å². The van der Waals surface area contributed by atoms with Crippen molar-refractivity contribution in [3.05, 3.63) is 36.4 Å². The van der Waals surface area contributed by atoms with Crippen LogP contribution in [0.5, 0.6) is 0 Å². The Hall–Kier alpha value is -1.44. The lowest BCUT2D eigenvalue weighted by atomic mass is 10.4. The summed E-state index contributed by atoms with van der Waals surface area (Å²) in [5.41, 5.74) is 4.50. The molecule has 1 aromatic carbocycles. The van der Waals surface area contributed by atoms with Crippen molar-refractivity contribution in [3.63, 3.8) is 0 Å². The number of rotatable bonds is 3. The SMILES string of the molecule is CC(=O)OCCS(=O)(=O)O.CN.c1ccccc1. The molecule has 0 saturated carbocycles. The van der Waals surface area contributed by atoms with Gasteiger partial charge in [0.25, 0.3) is 10.1 Å². The van der Waals surface area contributed by atoms with E-state index in [2.05, 4.69) is 10.5 Å². The molecule has 0 atom stereocenters. The van der Waals surface area contributed by atoms with Crippen molar-refractivity contribution in [3.8, 4) is 0 Å². The lowest BCUT2D eigenvalue weighted by Gasteiger charge is -1.97. The standard InChI is InChI=1S/C6H6.C4H8O5S.CH5N/c1-2-4-6-5-3-1;1-4(5)9-2-3-10(6,7)8;1-2/h1-6H;2-3H2,1H3,(H,6,7,8);2H2,1H3. The molecule has 18 heavy (non-hydrogen) atoms. The first-order valence-electron chi connectivity index (χ1n) is 5.08. The lowest BCUT2D eigenvalue weighted by molar-refractivity contribution is -0.140. The average molecular weight is 277 g/mol. The van der Waals surface area contributed by atoms with Gasteiger partial charge in [0, 0.05) is 6.92 Å². The van der Waals surface area contributed by atoms with Crippen LogP contribution in [0.25, 0.3) is 0 Å². The van der Waals surface area contributed by atoms with E-state index in [1.54, 1.807) is 0 Å². The topological polar surface area (TPSA) is 107 Å². The highest BCUT2D eigenvalue weighted by molar-refractivity contribution is 7.85. The summed E-state index contributed by atoms with van der Waals surface area (Å²) in [7, 11) is -2.50. The predicted molar refractivity (Wildman–Crippen MR) is 69.6 cm³/mol. The number of carbonyl (C=O) groups excluding carboxylic acids is 1. The second-order valence-corrected chi connectivity index (χ2v) is 4.35. The second kappa shape index (κ2) is 12.0. The van der Waals surface area contributed by atoms with Crippen LogP contribution in [0.2, 0.25) is 0 Å². The van der Waals surface area contributed by atoms with Gasteiger partial charge in [0.15, 0.2) is 0 Å². The Labute approximate surface area is 108 Å². The van der Waals surface area contributed by atoms with Crippen molar-refractivity contribution in [1.82, 2.24) is 0 Å². The molecule has 0 aliphatic rings. The smallest absolute Gasteiger partial charge is 0.302 e. The number of esters is 1. The Kier molecular flexibility index (Phi) is 12.6. The first-order chi connectivity index (χ1) is 8.42. The van der Waals surface area contributed by atoms with Crippen molar-refractivity contribution >= 4 is 16.1 Å². The molecule has 0 spiro atoms. The normalized spacial score (nSPS) is 9.11. The van der Waals surface area contributed by atoms with E-state index in [1.165, 1.54) is 7.05 Å². The molecule has 6 nitrogen and oxygen atoms in total. The second-order valence-electron chi connectivity index (χ2n) is 2.78. The number of benzene rings is 1. The van der Waals surface area contributed by atoms with E-state index in [1.807, 2.05) is 36.4 Å². The van der Waals surface area contributed by atoms with Gasteiger partial charge in [0.1, 0.15) is 12.4 Å². The molecule has 0 unspecified atom stereocenters. The first-order valence-corrected chi connectivity index (χ1v) is 6.69. The fourth-order valence-corrected chi connectivity index (χ4v) is 0.970. The maximum Gasteiger partial charge on any atom is 0.302 e. The van der Waals surface area contributed by atoms with Crippen molar-refractivity contribution in [2.24, 2.45) is 5.73 Å². The molecule has 0 aromatic heterocycles. The lowest BCUT2D eigenvalue weighted by Crippen LogP contribution is -2.12. The van der Waals surface area contributed by atoms with Crippen molar-refractivity contribution < 1.29 is 22.5 Å². The Balaban J connectivity index is 0. The molecule has 0 amide bonds. The molecule has 1 rings (SSSR count). The third kappa shape index (κ3) is 20.0. The molecule has 104 valence electrons. The molecule has 0 bridgehead atoms. The van der Waals surface area contributed by atoms with E-state index < -0.39 is 21.8 Å². The van der Waals surface area contributed by atoms with E-state index in [9.17, 15) is 13.2 Å². The summed E-state index contributed by atoms with van der Waals surface area (Å²) in [6.07, 6.45) is 0. The van der Waals surface area contributed by atoms with Crippen LogP contribution in [0.1, 0.15) is 6.92 Å². The molecule has 0 heterocycles. The minimum Gasteiger partial charge on any atom is -0.465 e. The van der Waals surface area contributed by atoms with Crippen LogP contribution in [-0.4, -0.2) is 38.3 Å². The van der Waals surface area contributed by atoms with E-state index in [-0.39, 0.29) is 6.61 Å². The van der Waals surface area contributed by atoms with Crippen LogP contribution in [-0.2, 0) is 19.6 Å². The number of hydrogen-bond acceptors (Lipinski definition) is 5. The van der Waals surface area contributed by atoms with Crippen LogP contribution in [0.15, 0.2) is 36.4 Å². The summed E-state index contributed by atoms with van der Waals surface area (Å²) in [4.78, 5) is 10.0. The van der Waals surface area contributed by atoms with E-state index in [4.69, 9.17) is 4.55 Å². The van der Waals surface area contributed by atoms with Crippen molar-refractivity contribution in [1.29, 1.82) is 0 Å². The zero-order chi connectivity index (χ0) is 14.4. The molecule has 0 aliphatic carbocycles. The highest BCUT2D eigenvalue weighted by atomic mass is 32.2. The number of hydrogen-bond donors (Lipinski definition) is 2. The zero-order valence-electron chi connectivity index (χ0n) is 10.4. The third-order valence-corrected chi connectivity index (χ3v) is 2.00. The number of nitrogens with two attached hydrogens (primary N) is 1. The van der Waals surface area contributed by atoms with Gasteiger partial charge in [-0.1, -0.05) is 36.4 Å². The fourth-order valence-electron chi connectivity index (χ4n) is 0.676. The molecular weight excluding hydrogens is 258 g/mol. The van der Waals surface area contributed by atoms with Gasteiger partial charge < -0.3 is 10.5 Å². The Morgan fingerprint density at radius 3 is 1.67 bits per heavy atom. The maximum atomic E-state index is 10.0. The molecule has 0 fully saturated rings. The van der Waals surface area contributed by atoms with Crippen LogP contribution >= 0.6 is 0 Å². The zero-order valence-corrected chi connectivity index (χ0v) is 11.3. The molecule has 7 heteroatoms. The highest BCUT2D eigenvalue weighted by Crippen LogP contribution is 1.83. The van der Waals surface area contributed by atoms with Gasteiger partial charge in [0.05, 0.1) is 0 Å². The predicted octanol–water partition coefficient (Wildman–Crippen LogP) is 0.699. The van der Waals surface area contributed by atoms with Gasteiger partial charge in [-0.2, -0.15) is 8.42 Å². The van der Waals surface area contributed by atoms with Gasteiger partial charge in [-0.25, -0.2) is 0 Å². The highest BCUT2D eigenvalue weighted by Gasteiger charge is 2.04. The summed E-state index contributed by atoms with van der Waals surface area (Å²) < 4.78 is 32.3.